The third-order valence-corrected chi connectivity index (χ3v) is 6.13. The van der Waals surface area contributed by atoms with Gasteiger partial charge in [0, 0.05) is 45.5 Å². The minimum Gasteiger partial charge on any atom is -0.446 e. The second-order valence-electron chi connectivity index (χ2n) is 8.10. The number of amides is 3. The molecule has 3 N–H and O–H groups in total. The maximum absolute atomic E-state index is 13.2. The third kappa shape index (κ3) is 6.10. The molecule has 176 valence electrons. The molecule has 0 bridgehead atoms. The van der Waals surface area contributed by atoms with Crippen molar-refractivity contribution in [2.45, 2.75) is 25.4 Å². The highest BCUT2D eigenvalue weighted by Crippen LogP contribution is 2.34. The molecule has 10 heteroatoms. The predicted molar refractivity (Wildman–Crippen MR) is 116 cm³/mol. The van der Waals surface area contributed by atoms with Crippen molar-refractivity contribution < 1.29 is 29.1 Å². The van der Waals surface area contributed by atoms with Gasteiger partial charge in [-0.05, 0) is 31.4 Å². The van der Waals surface area contributed by atoms with Crippen molar-refractivity contribution >= 4 is 23.6 Å². The molecule has 1 aromatic rings. The molecule has 10 nitrogen and oxygen atoms in total. The van der Waals surface area contributed by atoms with E-state index in [1.54, 1.807) is 10.4 Å². The Kier molecular flexibility index (Phi) is 8.69. The number of anilines is 1. The largest absolute Gasteiger partial charge is 0.446 e. The average molecular weight is 449 g/mol. The van der Waals surface area contributed by atoms with Crippen LogP contribution >= 0.6 is 0 Å². The van der Waals surface area contributed by atoms with Crippen LogP contribution in [0.3, 0.4) is 0 Å². The van der Waals surface area contributed by atoms with E-state index in [9.17, 15) is 19.6 Å². The minimum absolute atomic E-state index is 0.0886. The molecule has 1 aliphatic carbocycles. The maximum atomic E-state index is 13.2. The van der Waals surface area contributed by atoms with Crippen LogP contribution in [0.15, 0.2) is 30.3 Å². The maximum Gasteiger partial charge on any atom is 0.407 e. The number of para-hydroxylation sites is 1. The highest BCUT2D eigenvalue weighted by atomic mass is 16.6. The quantitative estimate of drug-likeness (QED) is 0.323. The lowest BCUT2D eigenvalue weighted by atomic mass is 9.76. The van der Waals surface area contributed by atoms with Crippen molar-refractivity contribution in [3.05, 3.63) is 30.3 Å². The van der Waals surface area contributed by atoms with E-state index in [1.807, 2.05) is 30.3 Å². The molecule has 32 heavy (non-hydrogen) atoms. The van der Waals surface area contributed by atoms with E-state index in [1.165, 1.54) is 7.11 Å². The zero-order valence-corrected chi connectivity index (χ0v) is 18.4. The Labute approximate surface area is 187 Å². The van der Waals surface area contributed by atoms with Gasteiger partial charge in [0.1, 0.15) is 6.10 Å². The second-order valence-corrected chi connectivity index (χ2v) is 8.10. The number of alkyl carbamates (subject to hydrolysis) is 1. The second kappa shape index (κ2) is 11.7. The summed E-state index contributed by atoms with van der Waals surface area (Å²) in [6.07, 6.45) is -0.0142. The summed E-state index contributed by atoms with van der Waals surface area (Å²) < 4.78 is 10.3. The number of methoxy groups -OCH3 is 1. The summed E-state index contributed by atoms with van der Waals surface area (Å²) in [6, 6.07) is 10.0. The fourth-order valence-electron chi connectivity index (χ4n) is 4.41. The number of hydrogen-bond donors (Lipinski definition) is 3. The lowest BCUT2D eigenvalue weighted by Gasteiger charge is -2.40. The molecule has 1 saturated heterocycles. The molecule has 3 amide bonds. The van der Waals surface area contributed by atoms with E-state index in [0.717, 1.165) is 5.69 Å². The summed E-state index contributed by atoms with van der Waals surface area (Å²) >= 11 is 0. The van der Waals surface area contributed by atoms with Gasteiger partial charge < -0.3 is 24.6 Å². The first kappa shape index (κ1) is 23.8. The van der Waals surface area contributed by atoms with E-state index in [0.29, 0.717) is 52.2 Å². The van der Waals surface area contributed by atoms with Crippen molar-refractivity contribution in [1.82, 2.24) is 15.7 Å². The molecule has 0 radical (unpaired) electrons. The average Bonchev–Trinajstić information content (AvgIpc) is 2.84. The van der Waals surface area contributed by atoms with Crippen molar-refractivity contribution in [3.8, 4) is 0 Å². The normalized spacial score (nSPS) is 23.4. The number of carbonyl (C=O) groups is 3. The summed E-state index contributed by atoms with van der Waals surface area (Å²) in [5, 5.41) is 11.8. The fourth-order valence-corrected chi connectivity index (χ4v) is 4.41. The molecule has 1 heterocycles. The van der Waals surface area contributed by atoms with Crippen LogP contribution in [-0.4, -0.2) is 80.6 Å². The molecule has 0 unspecified atom stereocenters. The van der Waals surface area contributed by atoms with Gasteiger partial charge >= 0.3 is 6.09 Å². The molecule has 3 atom stereocenters. The Balaban J connectivity index is 1.56. The summed E-state index contributed by atoms with van der Waals surface area (Å²) in [4.78, 5) is 41.5. The molecular formula is C22H32N4O6. The number of nitrogens with one attached hydrogen (secondary N) is 2. The van der Waals surface area contributed by atoms with Crippen LogP contribution in [0.1, 0.15) is 19.3 Å². The fraction of sp³-hybridized carbons (Fsp3) is 0.591. The molecule has 2 aliphatic rings. The summed E-state index contributed by atoms with van der Waals surface area (Å²) in [5.41, 5.74) is 2.80. The Morgan fingerprint density at radius 2 is 1.78 bits per heavy atom. The van der Waals surface area contributed by atoms with Gasteiger partial charge in [0.15, 0.2) is 0 Å². The van der Waals surface area contributed by atoms with Gasteiger partial charge in [-0.1, -0.05) is 18.2 Å². The Bertz CT molecular complexity index is 769. The highest BCUT2D eigenvalue weighted by Gasteiger charge is 2.42. The summed E-state index contributed by atoms with van der Waals surface area (Å²) in [6.45, 7) is 3.25. The summed E-state index contributed by atoms with van der Waals surface area (Å²) in [7, 11) is 1.53. The van der Waals surface area contributed by atoms with E-state index < -0.39 is 29.9 Å². The van der Waals surface area contributed by atoms with Gasteiger partial charge in [-0.25, -0.2) is 10.3 Å². The standard InChI is InChI=1S/C22H32N4O6/c1-31-14-9-23-22(29)32-17-7-8-18(19(15-17)20(27)24-30)21(28)26-12-10-25(11-13-26)16-5-3-2-4-6-16/h2-6,17-19,30H,7-15H2,1H3,(H,23,29)(H,24,27)/t17-,18+,19+/m1/s1. The molecule has 1 aliphatic heterocycles. The summed E-state index contributed by atoms with van der Waals surface area (Å²) in [5.74, 6) is -2.03. The van der Waals surface area contributed by atoms with Crippen LogP contribution in [0.4, 0.5) is 10.5 Å². The molecular weight excluding hydrogens is 416 g/mol. The first-order valence-electron chi connectivity index (χ1n) is 11.0. The molecule has 1 aromatic carbocycles. The Morgan fingerprint density at radius 1 is 1.06 bits per heavy atom. The van der Waals surface area contributed by atoms with E-state index >= 15 is 0 Å². The number of nitrogens with zero attached hydrogens (tertiary/aromatic N) is 2. The van der Waals surface area contributed by atoms with Gasteiger partial charge in [-0.3, -0.25) is 14.8 Å². The van der Waals surface area contributed by atoms with Gasteiger partial charge in [0.25, 0.3) is 0 Å². The number of ether oxygens (including phenoxy) is 2. The van der Waals surface area contributed by atoms with Crippen LogP contribution < -0.4 is 15.7 Å². The topological polar surface area (TPSA) is 120 Å². The van der Waals surface area contributed by atoms with Crippen molar-refractivity contribution in [3.63, 3.8) is 0 Å². The monoisotopic (exact) mass is 448 g/mol. The molecule has 3 rings (SSSR count). The third-order valence-electron chi connectivity index (χ3n) is 6.13. The number of piperazine rings is 1. The highest BCUT2D eigenvalue weighted by molar-refractivity contribution is 5.87. The van der Waals surface area contributed by atoms with Crippen molar-refractivity contribution in [2.75, 3.05) is 51.3 Å². The van der Waals surface area contributed by atoms with Gasteiger partial charge in [0.2, 0.25) is 11.8 Å². The predicted octanol–water partition coefficient (Wildman–Crippen LogP) is 0.998. The first-order valence-corrected chi connectivity index (χ1v) is 11.0. The Morgan fingerprint density at radius 3 is 2.44 bits per heavy atom. The lowest BCUT2D eigenvalue weighted by Crippen LogP contribution is -2.53. The van der Waals surface area contributed by atoms with Gasteiger partial charge in [0.05, 0.1) is 18.4 Å². The zero-order chi connectivity index (χ0) is 22.9. The van der Waals surface area contributed by atoms with Crippen LogP contribution in [0.25, 0.3) is 0 Å². The van der Waals surface area contributed by atoms with E-state index in [2.05, 4.69) is 10.2 Å². The molecule has 1 saturated carbocycles. The SMILES string of the molecule is COCCNC(=O)O[C@@H]1CC[C@H](C(=O)N2CCN(c3ccccc3)CC2)[C@@H](C(=O)NO)C1. The number of carbonyl (C=O) groups excluding carboxylic acids is 3. The molecule has 0 spiro atoms. The smallest absolute Gasteiger partial charge is 0.407 e. The van der Waals surface area contributed by atoms with Gasteiger partial charge in [-0.2, -0.15) is 0 Å². The van der Waals surface area contributed by atoms with Crippen LogP contribution in [0.2, 0.25) is 0 Å². The molecule has 2 fully saturated rings. The first-order chi connectivity index (χ1) is 15.5. The lowest BCUT2D eigenvalue weighted by molar-refractivity contribution is -0.149. The number of hydrogen-bond acceptors (Lipinski definition) is 7. The van der Waals surface area contributed by atoms with Crippen molar-refractivity contribution in [2.24, 2.45) is 11.8 Å². The van der Waals surface area contributed by atoms with Crippen LogP contribution in [-0.2, 0) is 19.1 Å². The number of hydroxylamine groups is 1. The minimum atomic E-state index is -0.759. The van der Waals surface area contributed by atoms with Crippen LogP contribution in [0.5, 0.6) is 0 Å². The van der Waals surface area contributed by atoms with Crippen LogP contribution in [0, 0.1) is 11.8 Å². The van der Waals surface area contributed by atoms with E-state index in [4.69, 9.17) is 9.47 Å². The molecule has 0 aromatic heterocycles. The number of rotatable bonds is 7. The Hall–Kier alpha value is -2.85. The van der Waals surface area contributed by atoms with Gasteiger partial charge in [-0.15, -0.1) is 0 Å². The van der Waals surface area contributed by atoms with E-state index in [-0.39, 0.29) is 12.3 Å². The van der Waals surface area contributed by atoms with Crippen molar-refractivity contribution in [1.29, 1.82) is 0 Å². The zero-order valence-electron chi connectivity index (χ0n) is 18.4. The number of benzene rings is 1.